The monoisotopic (exact) mass is 259 g/mol. The number of rotatable bonds is 3. The van der Waals surface area contributed by atoms with Crippen LogP contribution in [0, 0.1) is 0 Å². The first kappa shape index (κ1) is 12.0. The van der Waals surface area contributed by atoms with Gasteiger partial charge in [-0.1, -0.05) is 6.07 Å². The molecule has 0 atom stereocenters. The van der Waals surface area contributed by atoms with Gasteiger partial charge in [0, 0.05) is 30.4 Å². The summed E-state index contributed by atoms with van der Waals surface area (Å²) in [6, 6.07) is 7.22. The lowest BCUT2D eigenvalue weighted by molar-refractivity contribution is 0.0652. The number of likely N-dealkylation sites (tertiary alicyclic amines) is 1. The van der Waals surface area contributed by atoms with Crippen LogP contribution in [0.15, 0.2) is 24.3 Å². The molecule has 1 aliphatic heterocycles. The van der Waals surface area contributed by atoms with Gasteiger partial charge < -0.3 is 15.5 Å². The van der Waals surface area contributed by atoms with Crippen LogP contribution in [0.2, 0.25) is 0 Å². The van der Waals surface area contributed by atoms with E-state index in [1.807, 2.05) is 4.90 Å². The highest BCUT2D eigenvalue weighted by Crippen LogP contribution is 2.19. The molecule has 5 heteroatoms. The van der Waals surface area contributed by atoms with Crippen molar-refractivity contribution in [2.75, 3.05) is 18.4 Å². The molecule has 1 aliphatic carbocycles. The molecule has 0 aromatic heterocycles. The zero-order valence-corrected chi connectivity index (χ0v) is 10.7. The topological polar surface area (TPSA) is 61.4 Å². The summed E-state index contributed by atoms with van der Waals surface area (Å²) in [6.07, 6.45) is 3.19. The van der Waals surface area contributed by atoms with E-state index < -0.39 is 0 Å². The number of hydrogen-bond acceptors (Lipinski definition) is 2. The van der Waals surface area contributed by atoms with E-state index in [2.05, 4.69) is 10.6 Å². The summed E-state index contributed by atoms with van der Waals surface area (Å²) in [5.41, 5.74) is 1.29. The highest BCUT2D eigenvalue weighted by molar-refractivity contribution is 5.97. The van der Waals surface area contributed by atoms with Gasteiger partial charge in [0.2, 0.25) is 0 Å². The van der Waals surface area contributed by atoms with Crippen molar-refractivity contribution in [3.05, 3.63) is 29.8 Å². The van der Waals surface area contributed by atoms with Gasteiger partial charge in [0.25, 0.3) is 5.91 Å². The van der Waals surface area contributed by atoms with Crippen molar-refractivity contribution in [2.45, 2.75) is 25.3 Å². The molecule has 2 aliphatic rings. The lowest BCUT2D eigenvalue weighted by Gasteiger charge is -2.31. The molecule has 1 saturated carbocycles. The second kappa shape index (κ2) is 4.91. The number of benzene rings is 1. The minimum Gasteiger partial charge on any atom is -0.339 e. The molecule has 1 saturated heterocycles. The summed E-state index contributed by atoms with van der Waals surface area (Å²) in [5.74, 6) is 0.0394. The van der Waals surface area contributed by atoms with E-state index in [4.69, 9.17) is 0 Å². The number of carbonyl (C=O) groups is 2. The first-order valence-corrected chi connectivity index (χ1v) is 6.69. The van der Waals surface area contributed by atoms with Crippen molar-refractivity contribution in [2.24, 2.45) is 0 Å². The molecule has 0 bridgehead atoms. The molecule has 1 aromatic carbocycles. The van der Waals surface area contributed by atoms with Gasteiger partial charge >= 0.3 is 6.03 Å². The molecule has 2 fully saturated rings. The number of nitrogens with one attached hydrogen (secondary N) is 2. The number of anilines is 1. The normalized spacial score (nSPS) is 17.6. The smallest absolute Gasteiger partial charge is 0.319 e. The van der Waals surface area contributed by atoms with Crippen LogP contribution in [0.4, 0.5) is 10.5 Å². The molecule has 5 nitrogen and oxygen atoms in total. The summed E-state index contributed by atoms with van der Waals surface area (Å²) in [5, 5.41) is 5.61. The van der Waals surface area contributed by atoms with Crippen LogP contribution in [0.1, 0.15) is 29.6 Å². The fraction of sp³-hybridized carbons (Fsp3) is 0.429. The van der Waals surface area contributed by atoms with Gasteiger partial charge in [-0.3, -0.25) is 4.79 Å². The predicted molar refractivity (Wildman–Crippen MR) is 72.1 cm³/mol. The van der Waals surface area contributed by atoms with Gasteiger partial charge in [0.1, 0.15) is 0 Å². The summed E-state index contributed by atoms with van der Waals surface area (Å²) < 4.78 is 0. The summed E-state index contributed by atoms with van der Waals surface area (Å²) in [7, 11) is 0. The lowest BCUT2D eigenvalue weighted by Crippen LogP contribution is -2.42. The van der Waals surface area contributed by atoms with Gasteiger partial charge in [0.15, 0.2) is 0 Å². The van der Waals surface area contributed by atoms with Crippen molar-refractivity contribution < 1.29 is 9.59 Å². The Labute approximate surface area is 112 Å². The molecular weight excluding hydrogens is 242 g/mol. The average Bonchev–Trinajstić information content (AvgIpc) is 3.10. The van der Waals surface area contributed by atoms with E-state index in [0.29, 0.717) is 17.3 Å². The summed E-state index contributed by atoms with van der Waals surface area (Å²) in [6.45, 7) is 1.66. The van der Waals surface area contributed by atoms with Crippen LogP contribution in [0.5, 0.6) is 0 Å². The molecule has 1 heterocycles. The van der Waals surface area contributed by atoms with Crippen LogP contribution in [0.25, 0.3) is 0 Å². The maximum atomic E-state index is 12.1. The molecule has 0 radical (unpaired) electrons. The number of amides is 3. The Kier molecular flexibility index (Phi) is 3.11. The van der Waals surface area contributed by atoms with E-state index in [1.165, 1.54) is 0 Å². The van der Waals surface area contributed by atoms with E-state index >= 15 is 0 Å². The van der Waals surface area contributed by atoms with Crippen LogP contribution in [-0.2, 0) is 0 Å². The van der Waals surface area contributed by atoms with E-state index in [0.717, 1.165) is 32.4 Å². The second-order valence-corrected chi connectivity index (χ2v) is 5.10. The van der Waals surface area contributed by atoms with E-state index in [1.54, 1.807) is 24.3 Å². The van der Waals surface area contributed by atoms with E-state index in [9.17, 15) is 9.59 Å². The van der Waals surface area contributed by atoms with E-state index in [-0.39, 0.29) is 11.9 Å². The SMILES string of the molecule is O=C(Nc1cccc(C(=O)N2CCC2)c1)NC1CC1. The van der Waals surface area contributed by atoms with Gasteiger partial charge in [-0.25, -0.2) is 4.79 Å². The number of urea groups is 1. The molecular formula is C14H17N3O2. The minimum absolute atomic E-state index is 0.0394. The van der Waals surface area contributed by atoms with Gasteiger partial charge in [0.05, 0.1) is 0 Å². The Morgan fingerprint density at radius 1 is 1.21 bits per heavy atom. The number of hydrogen-bond donors (Lipinski definition) is 2. The standard InChI is InChI=1S/C14H17N3O2/c18-13(17-7-2-8-17)10-3-1-4-12(9-10)16-14(19)15-11-5-6-11/h1,3-4,9,11H,2,5-8H2,(H2,15,16,19). The minimum atomic E-state index is -0.198. The highest BCUT2D eigenvalue weighted by Gasteiger charge is 2.24. The molecule has 3 amide bonds. The van der Waals surface area contributed by atoms with Crippen molar-refractivity contribution in [3.63, 3.8) is 0 Å². The third-order valence-electron chi connectivity index (χ3n) is 3.42. The first-order chi connectivity index (χ1) is 9.22. The fourth-order valence-corrected chi connectivity index (χ4v) is 2.01. The Bertz CT molecular complexity index is 507. The number of carbonyl (C=O) groups excluding carboxylic acids is 2. The first-order valence-electron chi connectivity index (χ1n) is 6.69. The highest BCUT2D eigenvalue weighted by atomic mass is 16.2. The van der Waals surface area contributed by atoms with Crippen LogP contribution < -0.4 is 10.6 Å². The van der Waals surface area contributed by atoms with Crippen molar-refractivity contribution >= 4 is 17.6 Å². The maximum Gasteiger partial charge on any atom is 0.319 e. The predicted octanol–water partition coefficient (Wildman–Crippen LogP) is 1.82. The van der Waals surface area contributed by atoms with Crippen LogP contribution in [-0.4, -0.2) is 36.0 Å². The van der Waals surface area contributed by atoms with Crippen LogP contribution in [0.3, 0.4) is 0 Å². The molecule has 19 heavy (non-hydrogen) atoms. The number of nitrogens with zero attached hydrogens (tertiary/aromatic N) is 1. The molecule has 0 spiro atoms. The molecule has 1 aromatic rings. The third-order valence-corrected chi connectivity index (χ3v) is 3.42. The summed E-state index contributed by atoms with van der Waals surface area (Å²) >= 11 is 0. The Morgan fingerprint density at radius 2 is 2.00 bits per heavy atom. The maximum absolute atomic E-state index is 12.1. The molecule has 0 unspecified atom stereocenters. The van der Waals surface area contributed by atoms with Gasteiger partial charge in [-0.15, -0.1) is 0 Å². The quantitative estimate of drug-likeness (QED) is 0.869. The van der Waals surface area contributed by atoms with Crippen LogP contribution >= 0.6 is 0 Å². The third kappa shape index (κ3) is 2.86. The van der Waals surface area contributed by atoms with Crippen molar-refractivity contribution in [3.8, 4) is 0 Å². The second-order valence-electron chi connectivity index (χ2n) is 5.10. The zero-order chi connectivity index (χ0) is 13.2. The summed E-state index contributed by atoms with van der Waals surface area (Å²) in [4.78, 5) is 25.5. The Hall–Kier alpha value is -2.04. The average molecular weight is 259 g/mol. The van der Waals surface area contributed by atoms with Crippen molar-refractivity contribution in [1.82, 2.24) is 10.2 Å². The zero-order valence-electron chi connectivity index (χ0n) is 10.7. The Balaban J connectivity index is 1.64. The Morgan fingerprint density at radius 3 is 2.63 bits per heavy atom. The molecule has 2 N–H and O–H groups in total. The molecule has 3 rings (SSSR count). The lowest BCUT2D eigenvalue weighted by atomic mass is 10.1. The largest absolute Gasteiger partial charge is 0.339 e. The van der Waals surface area contributed by atoms with Gasteiger partial charge in [-0.05, 0) is 37.5 Å². The fourth-order valence-electron chi connectivity index (χ4n) is 2.01. The van der Waals surface area contributed by atoms with Gasteiger partial charge in [-0.2, -0.15) is 0 Å². The van der Waals surface area contributed by atoms with Crippen molar-refractivity contribution in [1.29, 1.82) is 0 Å². The molecule has 100 valence electrons.